The predicted molar refractivity (Wildman–Crippen MR) is 97.6 cm³/mol. The van der Waals surface area contributed by atoms with Crippen LogP contribution in [0, 0.1) is 5.92 Å². The number of thioether (sulfide) groups is 1. The Labute approximate surface area is 152 Å². The highest BCUT2D eigenvalue weighted by molar-refractivity contribution is 8.00. The van der Waals surface area contributed by atoms with Gasteiger partial charge in [-0.1, -0.05) is 42.1 Å². The van der Waals surface area contributed by atoms with Gasteiger partial charge in [-0.15, -0.1) is 10.2 Å². The van der Waals surface area contributed by atoms with Gasteiger partial charge in [-0.05, 0) is 19.3 Å². The van der Waals surface area contributed by atoms with Crippen LogP contribution in [0.15, 0.2) is 35.5 Å². The highest BCUT2D eigenvalue weighted by Crippen LogP contribution is 2.26. The van der Waals surface area contributed by atoms with Gasteiger partial charge in [0.2, 0.25) is 0 Å². The van der Waals surface area contributed by atoms with Crippen LogP contribution in [0.25, 0.3) is 0 Å². The molecule has 1 saturated heterocycles. The maximum Gasteiger partial charge on any atom is 0.191 e. The van der Waals surface area contributed by atoms with Gasteiger partial charge in [-0.3, -0.25) is 4.79 Å². The predicted octanol–water partition coefficient (Wildman–Crippen LogP) is 2.16. The molecule has 8 heteroatoms. The van der Waals surface area contributed by atoms with Gasteiger partial charge in [0.15, 0.2) is 20.8 Å². The van der Waals surface area contributed by atoms with Gasteiger partial charge in [0.1, 0.15) is 5.82 Å². The lowest BCUT2D eigenvalue weighted by atomic mass is 10.1. The Morgan fingerprint density at radius 3 is 2.68 bits per heavy atom. The Bertz CT molecular complexity index is 863. The van der Waals surface area contributed by atoms with E-state index in [1.165, 1.54) is 11.8 Å². The molecule has 0 saturated carbocycles. The van der Waals surface area contributed by atoms with E-state index in [1.54, 1.807) is 0 Å². The van der Waals surface area contributed by atoms with E-state index in [4.69, 9.17) is 0 Å². The van der Waals surface area contributed by atoms with E-state index in [0.29, 0.717) is 23.6 Å². The minimum Gasteiger partial charge on any atom is -0.309 e. The number of rotatable bonds is 6. The Morgan fingerprint density at radius 2 is 2.04 bits per heavy atom. The molecular weight excluding hydrogens is 358 g/mol. The quantitative estimate of drug-likeness (QED) is 0.565. The highest BCUT2D eigenvalue weighted by Gasteiger charge is 2.29. The zero-order valence-corrected chi connectivity index (χ0v) is 15.9. The number of sulfone groups is 1. The topological polar surface area (TPSA) is 81.9 Å². The molecule has 3 rings (SSSR count). The van der Waals surface area contributed by atoms with E-state index in [9.17, 15) is 13.2 Å². The van der Waals surface area contributed by atoms with E-state index in [2.05, 4.69) is 10.2 Å². The Hall–Kier alpha value is -1.67. The number of hydrogen-bond acceptors (Lipinski definition) is 6. The van der Waals surface area contributed by atoms with Gasteiger partial charge in [0, 0.05) is 19.0 Å². The molecule has 2 heterocycles. The zero-order valence-electron chi connectivity index (χ0n) is 14.3. The van der Waals surface area contributed by atoms with Crippen LogP contribution < -0.4 is 0 Å². The average molecular weight is 380 g/mol. The second kappa shape index (κ2) is 7.29. The maximum absolute atomic E-state index is 12.5. The van der Waals surface area contributed by atoms with Crippen LogP contribution in [-0.4, -0.2) is 45.7 Å². The first kappa shape index (κ1) is 18.1. The van der Waals surface area contributed by atoms with Crippen LogP contribution in [0.1, 0.15) is 29.5 Å². The lowest BCUT2D eigenvalue weighted by Crippen LogP contribution is -2.15. The Balaban J connectivity index is 1.66. The Kier molecular flexibility index (Phi) is 5.29. The van der Waals surface area contributed by atoms with E-state index < -0.39 is 9.84 Å². The first-order valence-corrected chi connectivity index (χ1v) is 10.9. The summed E-state index contributed by atoms with van der Waals surface area (Å²) in [4.78, 5) is 12.5. The van der Waals surface area contributed by atoms with Crippen molar-refractivity contribution < 1.29 is 13.2 Å². The van der Waals surface area contributed by atoms with Crippen molar-refractivity contribution in [3.63, 3.8) is 0 Å². The molecule has 1 aromatic carbocycles. The normalized spacial score (nSPS) is 20.5. The first-order valence-electron chi connectivity index (χ1n) is 8.20. The minimum absolute atomic E-state index is 0.0528. The van der Waals surface area contributed by atoms with Crippen molar-refractivity contribution in [2.24, 2.45) is 13.0 Å². The van der Waals surface area contributed by atoms with Crippen molar-refractivity contribution >= 4 is 27.4 Å². The lowest BCUT2D eigenvalue weighted by molar-refractivity contribution is 0.0994. The Morgan fingerprint density at radius 1 is 1.32 bits per heavy atom. The van der Waals surface area contributed by atoms with Gasteiger partial charge in [0.25, 0.3) is 0 Å². The highest BCUT2D eigenvalue weighted by atomic mass is 32.2. The smallest absolute Gasteiger partial charge is 0.191 e. The molecule has 25 heavy (non-hydrogen) atoms. The van der Waals surface area contributed by atoms with Gasteiger partial charge in [0.05, 0.1) is 16.8 Å². The molecule has 0 amide bonds. The zero-order chi connectivity index (χ0) is 18.0. The molecule has 0 aliphatic carbocycles. The fourth-order valence-corrected chi connectivity index (χ4v) is 5.74. The molecule has 1 aromatic heterocycles. The second-order valence-corrected chi connectivity index (χ2v) is 9.96. The molecule has 134 valence electrons. The summed E-state index contributed by atoms with van der Waals surface area (Å²) in [6, 6.07) is 9.19. The van der Waals surface area contributed by atoms with Crippen LogP contribution in [-0.2, 0) is 23.3 Å². The van der Waals surface area contributed by atoms with Gasteiger partial charge >= 0.3 is 0 Å². The molecule has 1 fully saturated rings. The van der Waals surface area contributed by atoms with Gasteiger partial charge < -0.3 is 4.57 Å². The number of hydrogen-bond donors (Lipinski definition) is 0. The van der Waals surface area contributed by atoms with E-state index in [0.717, 1.165) is 5.82 Å². The monoisotopic (exact) mass is 379 g/mol. The van der Waals surface area contributed by atoms with Crippen LogP contribution in [0.4, 0.5) is 0 Å². The van der Waals surface area contributed by atoms with Crippen molar-refractivity contribution in [2.75, 3.05) is 11.5 Å². The van der Waals surface area contributed by atoms with Crippen molar-refractivity contribution in [3.8, 4) is 0 Å². The van der Waals surface area contributed by atoms with Crippen LogP contribution in [0.2, 0.25) is 0 Å². The molecular formula is C17H21N3O3S2. The van der Waals surface area contributed by atoms with Crippen molar-refractivity contribution in [1.29, 1.82) is 0 Å². The van der Waals surface area contributed by atoms with Crippen molar-refractivity contribution in [3.05, 3.63) is 41.7 Å². The molecule has 1 aliphatic rings. The fourth-order valence-electron chi connectivity index (χ4n) is 2.97. The van der Waals surface area contributed by atoms with Crippen molar-refractivity contribution in [2.45, 2.75) is 30.2 Å². The molecule has 0 N–H and O–H groups in total. The number of carbonyl (C=O) groups is 1. The average Bonchev–Trinajstić information content (AvgIpc) is 3.11. The summed E-state index contributed by atoms with van der Waals surface area (Å²) in [6.07, 6.45) is 1.28. The fraction of sp³-hybridized carbons (Fsp3) is 0.471. The molecule has 2 atom stereocenters. The maximum atomic E-state index is 12.5. The standard InChI is InChI=1S/C17H21N3O3S2/c1-12(16(21)14-6-4-3-5-7-14)24-17-19-18-15(20(17)2)10-13-8-9-25(22,23)11-13/h3-7,12-13H,8-11H2,1-2H3. The van der Waals surface area contributed by atoms with Crippen molar-refractivity contribution in [1.82, 2.24) is 14.8 Å². The van der Waals surface area contributed by atoms with E-state index >= 15 is 0 Å². The largest absolute Gasteiger partial charge is 0.309 e. The molecule has 2 aromatic rings. The lowest BCUT2D eigenvalue weighted by Gasteiger charge is -2.11. The number of ketones is 1. The van der Waals surface area contributed by atoms with E-state index in [-0.39, 0.29) is 28.5 Å². The summed E-state index contributed by atoms with van der Waals surface area (Å²) >= 11 is 1.37. The summed E-state index contributed by atoms with van der Waals surface area (Å²) in [5.74, 6) is 1.42. The third-order valence-electron chi connectivity index (χ3n) is 4.43. The number of Topliss-reactive ketones (excluding diaryl/α,β-unsaturated/α-hetero) is 1. The third-order valence-corrected chi connectivity index (χ3v) is 7.40. The van der Waals surface area contributed by atoms with E-state index in [1.807, 2.05) is 48.9 Å². The van der Waals surface area contributed by atoms with Crippen LogP contribution in [0.3, 0.4) is 0 Å². The van der Waals surface area contributed by atoms with Gasteiger partial charge in [-0.25, -0.2) is 8.42 Å². The molecule has 0 bridgehead atoms. The number of benzene rings is 1. The minimum atomic E-state index is -2.89. The number of carbonyl (C=O) groups excluding carboxylic acids is 1. The summed E-state index contributed by atoms with van der Waals surface area (Å²) < 4.78 is 25.0. The van der Waals surface area contributed by atoms with Crippen LogP contribution in [0.5, 0.6) is 0 Å². The third kappa shape index (κ3) is 4.30. The molecule has 0 radical (unpaired) electrons. The van der Waals surface area contributed by atoms with Gasteiger partial charge in [-0.2, -0.15) is 0 Å². The number of aromatic nitrogens is 3. The van der Waals surface area contributed by atoms with Crippen LogP contribution >= 0.6 is 11.8 Å². The molecule has 1 aliphatic heterocycles. The molecule has 2 unspecified atom stereocenters. The SMILES string of the molecule is CC(Sc1nnc(CC2CCS(=O)(=O)C2)n1C)C(=O)c1ccccc1. The summed E-state index contributed by atoms with van der Waals surface area (Å²) in [5.41, 5.74) is 0.682. The summed E-state index contributed by atoms with van der Waals surface area (Å²) in [6.45, 7) is 1.86. The number of nitrogens with zero attached hydrogens (tertiary/aromatic N) is 3. The molecule has 6 nitrogen and oxygen atoms in total. The molecule has 0 spiro atoms. The first-order chi connectivity index (χ1) is 11.9. The second-order valence-electron chi connectivity index (χ2n) is 6.42. The summed E-state index contributed by atoms with van der Waals surface area (Å²) in [5, 5.41) is 8.78. The summed E-state index contributed by atoms with van der Waals surface area (Å²) in [7, 11) is -1.03.